The zero-order chi connectivity index (χ0) is 17.5. The zero-order valence-corrected chi connectivity index (χ0v) is 13.4. The minimum absolute atomic E-state index is 0.267. The lowest BCUT2D eigenvalue weighted by Gasteiger charge is -2.12. The Balaban J connectivity index is 1.75. The monoisotopic (exact) mass is 332 g/mol. The number of nitrogens with one attached hydrogen (secondary N) is 1. The fraction of sp³-hybridized carbons (Fsp3) is 0.100. The number of nitrogens with zero attached hydrogens (tertiary/aromatic N) is 1. The number of benzene rings is 2. The minimum atomic E-state index is -0.267. The highest BCUT2D eigenvalue weighted by molar-refractivity contribution is 5.70. The van der Waals surface area contributed by atoms with Crippen LogP contribution in [0.3, 0.4) is 0 Å². The maximum atomic E-state index is 12.2. The van der Waals surface area contributed by atoms with Crippen LogP contribution < -0.4 is 15.0 Å². The van der Waals surface area contributed by atoms with Crippen LogP contribution in [-0.2, 0) is 0 Å². The molecule has 5 nitrogen and oxygen atoms in total. The Hall–Kier alpha value is -3.52. The second-order valence-electron chi connectivity index (χ2n) is 5.25. The highest BCUT2D eigenvalue weighted by Gasteiger charge is 2.11. The van der Waals surface area contributed by atoms with Gasteiger partial charge in [-0.25, -0.2) is 0 Å². The van der Waals surface area contributed by atoms with Crippen LogP contribution in [0.5, 0.6) is 11.5 Å². The smallest absolute Gasteiger partial charge is 0.259 e. The van der Waals surface area contributed by atoms with Crippen molar-refractivity contribution in [3.63, 3.8) is 0 Å². The van der Waals surface area contributed by atoms with E-state index in [2.05, 4.69) is 11.1 Å². The van der Waals surface area contributed by atoms with Crippen molar-refractivity contribution < 1.29 is 9.47 Å². The number of rotatable bonds is 6. The SMILES string of the molecule is N#Cc1cccc(-c2c(OCCOc3ccccc3)cc[nH]c2=O)c1. The van der Waals surface area contributed by atoms with E-state index in [1.165, 1.54) is 6.20 Å². The van der Waals surface area contributed by atoms with E-state index in [0.717, 1.165) is 5.75 Å². The molecular formula is C20H16N2O3. The van der Waals surface area contributed by atoms with Gasteiger partial charge < -0.3 is 14.5 Å². The highest BCUT2D eigenvalue weighted by Crippen LogP contribution is 2.26. The van der Waals surface area contributed by atoms with Crippen molar-refractivity contribution in [2.75, 3.05) is 13.2 Å². The Bertz CT molecular complexity index is 943. The number of aromatic nitrogens is 1. The molecule has 124 valence electrons. The predicted octanol–water partition coefficient (Wildman–Crippen LogP) is 3.37. The first kappa shape index (κ1) is 16.3. The van der Waals surface area contributed by atoms with Gasteiger partial charge in [0.05, 0.1) is 17.2 Å². The first-order valence-electron chi connectivity index (χ1n) is 7.81. The van der Waals surface area contributed by atoms with Crippen molar-refractivity contribution in [2.24, 2.45) is 0 Å². The molecule has 1 N–H and O–H groups in total. The molecule has 0 saturated heterocycles. The van der Waals surface area contributed by atoms with Crippen LogP contribution in [0.15, 0.2) is 71.7 Å². The number of ether oxygens (including phenoxy) is 2. The van der Waals surface area contributed by atoms with Gasteiger partial charge >= 0.3 is 0 Å². The van der Waals surface area contributed by atoms with Crippen molar-refractivity contribution >= 4 is 0 Å². The zero-order valence-electron chi connectivity index (χ0n) is 13.4. The molecule has 0 spiro atoms. The lowest BCUT2D eigenvalue weighted by atomic mass is 10.0. The fourth-order valence-corrected chi connectivity index (χ4v) is 2.43. The van der Waals surface area contributed by atoms with Gasteiger partial charge in [0, 0.05) is 6.20 Å². The van der Waals surface area contributed by atoms with Gasteiger partial charge in [0.2, 0.25) is 0 Å². The highest BCUT2D eigenvalue weighted by atomic mass is 16.5. The summed E-state index contributed by atoms with van der Waals surface area (Å²) in [4.78, 5) is 14.9. The number of hydrogen-bond acceptors (Lipinski definition) is 4. The molecule has 25 heavy (non-hydrogen) atoms. The molecule has 0 amide bonds. The third kappa shape index (κ3) is 4.06. The maximum absolute atomic E-state index is 12.2. The van der Waals surface area contributed by atoms with Crippen LogP contribution in [0.1, 0.15) is 5.56 Å². The minimum Gasteiger partial charge on any atom is -0.490 e. The van der Waals surface area contributed by atoms with Crippen molar-refractivity contribution in [2.45, 2.75) is 0 Å². The van der Waals surface area contributed by atoms with Gasteiger partial charge in [-0.05, 0) is 35.9 Å². The number of H-pyrrole nitrogens is 1. The topological polar surface area (TPSA) is 75.1 Å². The molecule has 2 aromatic carbocycles. The second-order valence-corrected chi connectivity index (χ2v) is 5.25. The van der Waals surface area contributed by atoms with Gasteiger partial charge in [0.1, 0.15) is 24.7 Å². The van der Waals surface area contributed by atoms with Crippen LogP contribution in [0.2, 0.25) is 0 Å². The molecule has 1 aromatic heterocycles. The molecule has 1 heterocycles. The summed E-state index contributed by atoms with van der Waals surface area (Å²) in [6, 6.07) is 20.1. The number of nitriles is 1. The third-order valence-electron chi connectivity index (χ3n) is 3.56. The molecule has 0 aliphatic carbocycles. The van der Waals surface area contributed by atoms with Crippen LogP contribution in [0, 0.1) is 11.3 Å². The second kappa shape index (κ2) is 7.84. The van der Waals surface area contributed by atoms with Crippen molar-refractivity contribution in [3.05, 3.63) is 82.8 Å². The van der Waals surface area contributed by atoms with Crippen LogP contribution in [0.4, 0.5) is 0 Å². The molecule has 3 aromatic rings. The van der Waals surface area contributed by atoms with Gasteiger partial charge in [-0.15, -0.1) is 0 Å². The Kier molecular flexibility index (Phi) is 5.13. The van der Waals surface area contributed by atoms with E-state index in [0.29, 0.717) is 35.7 Å². The summed E-state index contributed by atoms with van der Waals surface area (Å²) in [6.07, 6.45) is 1.54. The summed E-state index contributed by atoms with van der Waals surface area (Å²) in [5.41, 5.74) is 1.26. The van der Waals surface area contributed by atoms with Crippen molar-refractivity contribution in [3.8, 4) is 28.7 Å². The maximum Gasteiger partial charge on any atom is 0.259 e. The van der Waals surface area contributed by atoms with E-state index in [9.17, 15) is 4.79 Å². The lowest BCUT2D eigenvalue weighted by molar-refractivity contribution is 0.217. The Morgan fingerprint density at radius 1 is 0.960 bits per heavy atom. The van der Waals surface area contributed by atoms with Gasteiger partial charge in [-0.2, -0.15) is 5.26 Å². The third-order valence-corrected chi connectivity index (χ3v) is 3.56. The lowest BCUT2D eigenvalue weighted by Crippen LogP contribution is -2.14. The standard InChI is InChI=1S/C20H16N2O3/c21-14-15-5-4-6-16(13-15)19-18(9-10-22-20(19)23)25-12-11-24-17-7-2-1-3-8-17/h1-10,13H,11-12H2,(H,22,23). The normalized spacial score (nSPS) is 10.0. The largest absolute Gasteiger partial charge is 0.490 e. The van der Waals surface area contributed by atoms with Crippen molar-refractivity contribution in [1.82, 2.24) is 4.98 Å². The van der Waals surface area contributed by atoms with Gasteiger partial charge in [-0.3, -0.25) is 4.79 Å². The molecule has 0 aliphatic heterocycles. The van der Waals surface area contributed by atoms with E-state index < -0.39 is 0 Å². The summed E-state index contributed by atoms with van der Waals surface area (Å²) in [5, 5.41) is 9.05. The number of para-hydroxylation sites is 1. The first-order chi connectivity index (χ1) is 12.3. The van der Waals surface area contributed by atoms with Crippen LogP contribution in [-0.4, -0.2) is 18.2 Å². The van der Waals surface area contributed by atoms with Gasteiger partial charge in [-0.1, -0.05) is 30.3 Å². The summed E-state index contributed by atoms with van der Waals surface area (Å²) in [7, 11) is 0. The summed E-state index contributed by atoms with van der Waals surface area (Å²) in [6.45, 7) is 0.651. The fourth-order valence-electron chi connectivity index (χ4n) is 2.43. The quantitative estimate of drug-likeness (QED) is 0.702. The number of aromatic amines is 1. The number of pyridine rings is 1. The van der Waals surface area contributed by atoms with Crippen LogP contribution in [0.25, 0.3) is 11.1 Å². The average molecular weight is 332 g/mol. The Morgan fingerprint density at radius 2 is 1.76 bits per heavy atom. The molecule has 0 aliphatic rings. The Morgan fingerprint density at radius 3 is 2.56 bits per heavy atom. The summed E-state index contributed by atoms with van der Waals surface area (Å²) < 4.78 is 11.3. The summed E-state index contributed by atoms with van der Waals surface area (Å²) in [5.74, 6) is 1.22. The first-order valence-corrected chi connectivity index (χ1v) is 7.81. The van der Waals surface area contributed by atoms with E-state index in [1.54, 1.807) is 30.3 Å². The molecule has 0 unspecified atom stereocenters. The van der Waals surface area contributed by atoms with E-state index in [4.69, 9.17) is 14.7 Å². The molecular weight excluding hydrogens is 316 g/mol. The van der Waals surface area contributed by atoms with E-state index in [-0.39, 0.29) is 5.56 Å². The molecule has 0 bridgehead atoms. The number of hydrogen-bond donors (Lipinski definition) is 1. The van der Waals surface area contributed by atoms with E-state index >= 15 is 0 Å². The van der Waals surface area contributed by atoms with Crippen LogP contribution >= 0.6 is 0 Å². The van der Waals surface area contributed by atoms with Gasteiger partial charge in [0.15, 0.2) is 0 Å². The van der Waals surface area contributed by atoms with Gasteiger partial charge in [0.25, 0.3) is 5.56 Å². The summed E-state index contributed by atoms with van der Waals surface area (Å²) >= 11 is 0. The molecule has 0 atom stereocenters. The molecule has 3 rings (SSSR count). The molecule has 5 heteroatoms. The predicted molar refractivity (Wildman–Crippen MR) is 94.6 cm³/mol. The molecule has 0 radical (unpaired) electrons. The van der Waals surface area contributed by atoms with Crippen molar-refractivity contribution in [1.29, 1.82) is 5.26 Å². The average Bonchev–Trinajstić information content (AvgIpc) is 2.66. The Labute approximate surface area is 145 Å². The molecule has 0 fully saturated rings. The molecule has 0 saturated carbocycles. The van der Waals surface area contributed by atoms with E-state index in [1.807, 2.05) is 30.3 Å².